The van der Waals surface area contributed by atoms with E-state index in [9.17, 15) is 19.3 Å². The summed E-state index contributed by atoms with van der Waals surface area (Å²) in [5.41, 5.74) is 1.15. The number of carbonyl (C=O) groups is 1. The average Bonchev–Trinajstić information content (AvgIpc) is 3.42. The lowest BCUT2D eigenvalue weighted by Crippen LogP contribution is -2.14. The number of hydrogen-bond donors (Lipinski definition) is 1. The second-order valence-electron chi connectivity index (χ2n) is 8.30. The largest absolute Gasteiger partial charge is 0.490 e. The molecule has 40 heavy (non-hydrogen) atoms. The SMILES string of the molecule is CCOc1ccc(COc2ccc(NC(=O)c3ccn(COc4cc(F)ccc4[N+](=O)[O-])n3)cc2)cc1OCC. The van der Waals surface area contributed by atoms with Crippen molar-refractivity contribution in [3.63, 3.8) is 0 Å². The molecule has 0 bridgehead atoms. The monoisotopic (exact) mass is 550 g/mol. The van der Waals surface area contributed by atoms with E-state index in [4.69, 9.17) is 18.9 Å². The summed E-state index contributed by atoms with van der Waals surface area (Å²) >= 11 is 0. The van der Waals surface area contributed by atoms with E-state index in [1.165, 1.54) is 16.9 Å². The van der Waals surface area contributed by atoms with Gasteiger partial charge >= 0.3 is 5.69 Å². The van der Waals surface area contributed by atoms with Gasteiger partial charge in [-0.05, 0) is 67.9 Å². The van der Waals surface area contributed by atoms with Crippen LogP contribution >= 0.6 is 0 Å². The van der Waals surface area contributed by atoms with E-state index in [0.717, 1.165) is 23.8 Å². The topological polar surface area (TPSA) is 127 Å². The van der Waals surface area contributed by atoms with E-state index in [1.54, 1.807) is 24.3 Å². The zero-order valence-corrected chi connectivity index (χ0v) is 21.8. The molecular formula is C28H27FN4O7. The molecule has 0 radical (unpaired) electrons. The first-order chi connectivity index (χ1) is 19.4. The third-order valence-electron chi connectivity index (χ3n) is 5.47. The normalized spacial score (nSPS) is 10.6. The number of nitrogens with zero attached hydrogens (tertiary/aromatic N) is 3. The number of amides is 1. The molecule has 0 unspecified atom stereocenters. The molecule has 11 nitrogen and oxygen atoms in total. The summed E-state index contributed by atoms with van der Waals surface area (Å²) in [4.78, 5) is 23.1. The van der Waals surface area contributed by atoms with Crippen molar-refractivity contribution < 1.29 is 33.1 Å². The molecule has 0 saturated heterocycles. The Bertz CT molecular complexity index is 1470. The van der Waals surface area contributed by atoms with E-state index >= 15 is 0 Å². The Labute approximate surface area is 229 Å². The van der Waals surface area contributed by atoms with Gasteiger partial charge in [0.25, 0.3) is 5.91 Å². The van der Waals surface area contributed by atoms with Gasteiger partial charge < -0.3 is 24.3 Å². The molecule has 0 spiro atoms. The highest BCUT2D eigenvalue weighted by Crippen LogP contribution is 2.30. The van der Waals surface area contributed by atoms with E-state index in [2.05, 4.69) is 10.4 Å². The zero-order valence-electron chi connectivity index (χ0n) is 21.8. The van der Waals surface area contributed by atoms with Crippen LogP contribution in [0.25, 0.3) is 0 Å². The van der Waals surface area contributed by atoms with Gasteiger partial charge in [0.15, 0.2) is 23.9 Å². The third-order valence-corrected chi connectivity index (χ3v) is 5.47. The highest BCUT2D eigenvalue weighted by molar-refractivity contribution is 6.02. The van der Waals surface area contributed by atoms with Gasteiger partial charge in [-0.25, -0.2) is 9.07 Å². The number of anilines is 1. The second-order valence-corrected chi connectivity index (χ2v) is 8.30. The fraction of sp³-hybridized carbons (Fsp3) is 0.214. The summed E-state index contributed by atoms with van der Waals surface area (Å²) in [7, 11) is 0. The lowest BCUT2D eigenvalue weighted by molar-refractivity contribution is -0.386. The van der Waals surface area contributed by atoms with Gasteiger partial charge in [-0.1, -0.05) is 6.07 Å². The van der Waals surface area contributed by atoms with Crippen molar-refractivity contribution in [3.05, 3.63) is 100 Å². The van der Waals surface area contributed by atoms with Crippen LogP contribution in [0.1, 0.15) is 29.9 Å². The molecule has 0 aliphatic carbocycles. The Kier molecular flexibility index (Phi) is 9.13. The summed E-state index contributed by atoms with van der Waals surface area (Å²) in [6.45, 7) is 4.93. The molecule has 1 N–H and O–H groups in total. The van der Waals surface area contributed by atoms with Crippen LogP contribution in [0.5, 0.6) is 23.0 Å². The maximum Gasteiger partial charge on any atom is 0.311 e. The molecule has 1 amide bonds. The summed E-state index contributed by atoms with van der Waals surface area (Å²) in [6, 6.07) is 16.9. The number of benzene rings is 3. The molecule has 3 aromatic carbocycles. The lowest BCUT2D eigenvalue weighted by Gasteiger charge is -2.13. The molecule has 1 heterocycles. The first-order valence-electron chi connectivity index (χ1n) is 12.4. The van der Waals surface area contributed by atoms with Crippen LogP contribution < -0.4 is 24.3 Å². The number of carbonyl (C=O) groups excluding carboxylic acids is 1. The summed E-state index contributed by atoms with van der Waals surface area (Å²) in [5, 5.41) is 18.0. The van der Waals surface area contributed by atoms with E-state index in [1.807, 2.05) is 32.0 Å². The minimum absolute atomic E-state index is 0.0956. The maximum absolute atomic E-state index is 13.5. The molecule has 4 aromatic rings. The van der Waals surface area contributed by atoms with Crippen molar-refractivity contribution in [2.75, 3.05) is 18.5 Å². The van der Waals surface area contributed by atoms with Crippen LogP contribution in [0.2, 0.25) is 0 Å². The lowest BCUT2D eigenvalue weighted by atomic mass is 10.2. The van der Waals surface area contributed by atoms with Crippen LogP contribution in [0.3, 0.4) is 0 Å². The van der Waals surface area contributed by atoms with Gasteiger partial charge in [-0.2, -0.15) is 5.10 Å². The molecule has 0 aliphatic heterocycles. The second kappa shape index (κ2) is 13.1. The third kappa shape index (κ3) is 7.25. The smallest absolute Gasteiger partial charge is 0.311 e. The molecular weight excluding hydrogens is 523 g/mol. The van der Waals surface area contributed by atoms with Gasteiger partial charge in [0.1, 0.15) is 18.2 Å². The number of aromatic nitrogens is 2. The molecule has 0 fully saturated rings. The molecule has 0 saturated carbocycles. The molecule has 0 atom stereocenters. The standard InChI is InChI=1S/C28H27FN4O7/c1-3-37-25-12-5-19(15-27(25)38-4-2)17-39-22-9-7-21(8-10-22)30-28(34)23-13-14-32(31-23)18-40-26-16-20(29)6-11-24(26)33(35)36/h5-16H,3-4,17-18H2,1-2H3,(H,30,34). The average molecular weight is 551 g/mol. The van der Waals surface area contributed by atoms with Crippen LogP contribution in [-0.2, 0) is 13.3 Å². The Morgan fingerprint density at radius 3 is 2.40 bits per heavy atom. The van der Waals surface area contributed by atoms with Crippen LogP contribution in [0.4, 0.5) is 15.8 Å². The van der Waals surface area contributed by atoms with Crippen molar-refractivity contribution in [1.82, 2.24) is 9.78 Å². The van der Waals surface area contributed by atoms with Crippen LogP contribution in [0, 0.1) is 15.9 Å². The van der Waals surface area contributed by atoms with Crippen LogP contribution in [0.15, 0.2) is 72.9 Å². The summed E-state index contributed by atoms with van der Waals surface area (Å²) in [5.74, 6) is 0.559. The molecule has 1 aromatic heterocycles. The van der Waals surface area contributed by atoms with Crippen molar-refractivity contribution in [1.29, 1.82) is 0 Å². The Balaban J connectivity index is 1.31. The quantitative estimate of drug-likeness (QED) is 0.168. The number of nitro benzene ring substituents is 1. The number of nitro groups is 1. The van der Waals surface area contributed by atoms with Gasteiger partial charge in [0.05, 0.1) is 18.1 Å². The van der Waals surface area contributed by atoms with Crippen LogP contribution in [-0.4, -0.2) is 33.8 Å². The number of hydrogen-bond acceptors (Lipinski definition) is 8. The number of ether oxygens (including phenoxy) is 4. The van der Waals surface area contributed by atoms with Gasteiger partial charge in [-0.15, -0.1) is 0 Å². The van der Waals surface area contributed by atoms with Gasteiger partial charge in [0, 0.05) is 24.0 Å². The Morgan fingerprint density at radius 1 is 0.925 bits per heavy atom. The van der Waals surface area contributed by atoms with Crippen molar-refractivity contribution in [3.8, 4) is 23.0 Å². The minimum Gasteiger partial charge on any atom is -0.490 e. The van der Waals surface area contributed by atoms with Gasteiger partial charge in [-0.3, -0.25) is 14.9 Å². The van der Waals surface area contributed by atoms with Gasteiger partial charge in [0.2, 0.25) is 5.75 Å². The number of rotatable bonds is 13. The highest BCUT2D eigenvalue weighted by atomic mass is 19.1. The highest BCUT2D eigenvalue weighted by Gasteiger charge is 2.17. The maximum atomic E-state index is 13.5. The van der Waals surface area contributed by atoms with E-state index in [0.29, 0.717) is 42.8 Å². The first-order valence-corrected chi connectivity index (χ1v) is 12.4. The minimum atomic E-state index is -0.676. The number of nitrogens with one attached hydrogen (secondary N) is 1. The Hall–Kier alpha value is -5.13. The molecule has 208 valence electrons. The van der Waals surface area contributed by atoms with E-state index in [-0.39, 0.29) is 23.9 Å². The summed E-state index contributed by atoms with van der Waals surface area (Å²) < 4.78 is 37.2. The summed E-state index contributed by atoms with van der Waals surface area (Å²) in [6.07, 6.45) is 1.47. The predicted molar refractivity (Wildman–Crippen MR) is 143 cm³/mol. The molecule has 0 aliphatic rings. The van der Waals surface area contributed by atoms with E-state index < -0.39 is 16.6 Å². The Morgan fingerprint density at radius 2 is 1.68 bits per heavy atom. The predicted octanol–water partition coefficient (Wildman–Crippen LogP) is 5.60. The fourth-order valence-corrected chi connectivity index (χ4v) is 3.63. The first kappa shape index (κ1) is 27.9. The van der Waals surface area contributed by atoms with Crippen molar-refractivity contribution in [2.45, 2.75) is 27.2 Å². The molecule has 4 rings (SSSR count). The number of halogens is 1. The molecule has 12 heteroatoms. The zero-order chi connectivity index (χ0) is 28.5. The van der Waals surface area contributed by atoms with Crippen molar-refractivity contribution in [2.24, 2.45) is 0 Å². The van der Waals surface area contributed by atoms with Crippen molar-refractivity contribution >= 4 is 17.3 Å². The fourth-order valence-electron chi connectivity index (χ4n) is 3.63.